The second-order valence-corrected chi connectivity index (χ2v) is 8.50. The highest BCUT2D eigenvalue weighted by molar-refractivity contribution is 5.95. The van der Waals surface area contributed by atoms with Gasteiger partial charge in [0.05, 0.1) is 29.1 Å². The van der Waals surface area contributed by atoms with Gasteiger partial charge in [-0.3, -0.25) is 4.79 Å². The molecule has 0 aliphatic carbocycles. The van der Waals surface area contributed by atoms with E-state index in [2.05, 4.69) is 30.6 Å². The molecule has 36 heavy (non-hydrogen) atoms. The summed E-state index contributed by atoms with van der Waals surface area (Å²) in [6, 6.07) is 9.76. The number of rotatable bonds is 6. The molecule has 3 N–H and O–H groups in total. The fourth-order valence-corrected chi connectivity index (χ4v) is 3.64. The maximum atomic E-state index is 13.2. The van der Waals surface area contributed by atoms with E-state index in [1.54, 1.807) is 12.1 Å². The maximum absolute atomic E-state index is 13.2. The first kappa shape index (κ1) is 24.7. The van der Waals surface area contributed by atoms with E-state index in [-0.39, 0.29) is 46.2 Å². The Morgan fingerprint density at radius 2 is 1.83 bits per heavy atom. The highest BCUT2D eigenvalue weighted by Crippen LogP contribution is 2.35. The molecular weight excluding hydrogens is 471 g/mol. The van der Waals surface area contributed by atoms with E-state index in [1.807, 2.05) is 39.0 Å². The van der Waals surface area contributed by atoms with Crippen LogP contribution in [0.2, 0.25) is 0 Å². The number of hydrogen-bond donors (Lipinski definition) is 3. The number of alkyl halides is 3. The molecule has 4 rings (SSSR count). The Bertz CT molecular complexity index is 1450. The molecule has 3 heterocycles. The number of benzene rings is 1. The van der Waals surface area contributed by atoms with Gasteiger partial charge in [-0.05, 0) is 44.5 Å². The average molecular weight is 493 g/mol. The predicted molar refractivity (Wildman–Crippen MR) is 128 cm³/mol. The number of pyridine rings is 1. The van der Waals surface area contributed by atoms with Crippen molar-refractivity contribution in [3.05, 3.63) is 71.2 Å². The first-order chi connectivity index (χ1) is 17.1. The van der Waals surface area contributed by atoms with Crippen molar-refractivity contribution in [2.45, 2.75) is 39.0 Å². The van der Waals surface area contributed by atoms with Crippen LogP contribution >= 0.6 is 0 Å². The number of nitrogens with zero attached hydrogens (tertiary/aromatic N) is 4. The smallest absolute Gasteiger partial charge is 0.350 e. The lowest BCUT2D eigenvalue weighted by Gasteiger charge is -2.16. The van der Waals surface area contributed by atoms with Gasteiger partial charge in [-0.1, -0.05) is 12.1 Å². The van der Waals surface area contributed by atoms with Crippen LogP contribution in [0.3, 0.4) is 0 Å². The number of hydrogen-bond acceptors (Lipinski definition) is 6. The number of carbonyl (C=O) groups excluding carboxylic acids is 1. The molecule has 11 heteroatoms. The number of aromatic nitrogens is 4. The van der Waals surface area contributed by atoms with Crippen LogP contribution < -0.4 is 10.6 Å². The van der Waals surface area contributed by atoms with Gasteiger partial charge in [0.1, 0.15) is 11.7 Å². The van der Waals surface area contributed by atoms with Gasteiger partial charge in [0.2, 0.25) is 5.95 Å². The number of halogens is 3. The summed E-state index contributed by atoms with van der Waals surface area (Å²) in [6.07, 6.45) is -1.03. The zero-order valence-corrected chi connectivity index (χ0v) is 19.6. The van der Waals surface area contributed by atoms with Crippen molar-refractivity contribution in [2.75, 3.05) is 5.32 Å². The highest BCUT2D eigenvalue weighted by Gasteiger charge is 2.31. The number of amides is 1. The van der Waals surface area contributed by atoms with Gasteiger partial charge in [0.25, 0.3) is 5.91 Å². The molecule has 0 saturated heterocycles. The Kier molecular flexibility index (Phi) is 6.61. The molecule has 0 fully saturated rings. The summed E-state index contributed by atoms with van der Waals surface area (Å²) in [6.45, 7) is 5.63. The standard InChI is InChI=1S/C25H22F3N7O/c1-13(2)33-23(36)16-6-4-15(5-7-16)14(3)34-24-32-10-17(9-29)21(35-24)20-12-31-22-19(20)8-18(11-30-22)25(26,27)28/h4-8,10-14H,1-3H3,(H,30,31)(H,33,36)(H,32,34,35)/t14-/m1/s1. The van der Waals surface area contributed by atoms with Gasteiger partial charge in [-0.2, -0.15) is 18.4 Å². The van der Waals surface area contributed by atoms with E-state index in [1.165, 1.54) is 12.4 Å². The quantitative estimate of drug-likeness (QED) is 0.339. The number of aromatic amines is 1. The summed E-state index contributed by atoms with van der Waals surface area (Å²) in [7, 11) is 0. The summed E-state index contributed by atoms with van der Waals surface area (Å²) in [5.74, 6) is 0.0199. The molecule has 0 spiro atoms. The summed E-state index contributed by atoms with van der Waals surface area (Å²) < 4.78 is 39.7. The van der Waals surface area contributed by atoms with Gasteiger partial charge < -0.3 is 15.6 Å². The molecule has 1 atom stereocenters. The molecule has 4 aromatic rings. The largest absolute Gasteiger partial charge is 0.417 e. The summed E-state index contributed by atoms with van der Waals surface area (Å²) in [5.41, 5.74) is 1.31. The third-order valence-corrected chi connectivity index (χ3v) is 5.46. The molecule has 184 valence electrons. The van der Waals surface area contributed by atoms with Crippen molar-refractivity contribution in [3.8, 4) is 17.3 Å². The van der Waals surface area contributed by atoms with Gasteiger partial charge in [0, 0.05) is 34.9 Å². The summed E-state index contributed by atoms with van der Waals surface area (Å²) >= 11 is 0. The molecule has 1 amide bonds. The lowest BCUT2D eigenvalue weighted by atomic mass is 10.1. The Morgan fingerprint density at radius 1 is 1.11 bits per heavy atom. The minimum absolute atomic E-state index is 0.0217. The van der Waals surface area contributed by atoms with Crippen molar-refractivity contribution in [3.63, 3.8) is 0 Å². The van der Waals surface area contributed by atoms with Gasteiger partial charge in [-0.15, -0.1) is 0 Å². The molecule has 1 aromatic carbocycles. The molecule has 3 aromatic heterocycles. The number of carbonyl (C=O) groups is 1. The van der Waals surface area contributed by atoms with Gasteiger partial charge >= 0.3 is 6.18 Å². The Balaban J connectivity index is 1.63. The molecule has 0 aliphatic rings. The third kappa shape index (κ3) is 5.12. The zero-order valence-electron chi connectivity index (χ0n) is 19.6. The van der Waals surface area contributed by atoms with Crippen molar-refractivity contribution in [2.24, 2.45) is 0 Å². The van der Waals surface area contributed by atoms with Crippen LogP contribution in [0.25, 0.3) is 22.3 Å². The van der Waals surface area contributed by atoms with E-state index >= 15 is 0 Å². The lowest BCUT2D eigenvalue weighted by molar-refractivity contribution is -0.137. The van der Waals surface area contributed by atoms with Crippen molar-refractivity contribution >= 4 is 22.9 Å². The SMILES string of the molecule is CC(C)NC(=O)c1ccc([C@@H](C)Nc2ncc(C#N)c(-c3c[nH]c4ncc(C(F)(F)F)cc34)n2)cc1. The lowest BCUT2D eigenvalue weighted by Crippen LogP contribution is -2.30. The van der Waals surface area contributed by atoms with E-state index in [4.69, 9.17) is 0 Å². The van der Waals surface area contributed by atoms with Gasteiger partial charge in [0.15, 0.2) is 0 Å². The van der Waals surface area contributed by atoms with Gasteiger partial charge in [-0.25, -0.2) is 15.0 Å². The average Bonchev–Trinajstić information content (AvgIpc) is 3.26. The summed E-state index contributed by atoms with van der Waals surface area (Å²) in [4.78, 5) is 27.5. The Labute approximate surface area is 204 Å². The van der Waals surface area contributed by atoms with Crippen LogP contribution in [0.15, 0.2) is 48.9 Å². The number of nitrogens with one attached hydrogen (secondary N) is 3. The van der Waals surface area contributed by atoms with E-state index < -0.39 is 11.7 Å². The zero-order chi connectivity index (χ0) is 26.0. The Hall–Kier alpha value is -4.46. The van der Waals surface area contributed by atoms with E-state index in [9.17, 15) is 23.2 Å². The fraction of sp³-hybridized carbons (Fsp3) is 0.240. The molecule has 0 radical (unpaired) electrons. The predicted octanol–water partition coefficient (Wildman–Crippen LogP) is 5.22. The molecule has 8 nitrogen and oxygen atoms in total. The molecule has 0 bridgehead atoms. The third-order valence-electron chi connectivity index (χ3n) is 5.46. The van der Waals surface area contributed by atoms with Crippen LogP contribution in [0.1, 0.15) is 53.9 Å². The monoisotopic (exact) mass is 493 g/mol. The second-order valence-electron chi connectivity index (χ2n) is 8.50. The maximum Gasteiger partial charge on any atom is 0.417 e. The van der Waals surface area contributed by atoms with Crippen LogP contribution in [-0.4, -0.2) is 31.9 Å². The minimum Gasteiger partial charge on any atom is -0.350 e. The molecule has 0 saturated carbocycles. The van der Waals surface area contributed by atoms with Crippen LogP contribution in [0.5, 0.6) is 0 Å². The molecular formula is C25H22F3N7O. The van der Waals surface area contributed by atoms with Crippen LogP contribution in [0, 0.1) is 11.3 Å². The number of fused-ring (bicyclic) bond motifs is 1. The second kappa shape index (κ2) is 9.65. The van der Waals surface area contributed by atoms with Crippen molar-refractivity contribution in [1.82, 2.24) is 25.3 Å². The normalized spacial score (nSPS) is 12.4. The van der Waals surface area contributed by atoms with Crippen LogP contribution in [0.4, 0.5) is 19.1 Å². The topological polar surface area (TPSA) is 119 Å². The number of anilines is 1. The minimum atomic E-state index is -4.56. The van der Waals surface area contributed by atoms with Crippen LogP contribution in [-0.2, 0) is 6.18 Å². The molecule has 0 aliphatic heterocycles. The fourth-order valence-electron chi connectivity index (χ4n) is 3.64. The molecule has 0 unspecified atom stereocenters. The van der Waals surface area contributed by atoms with E-state index in [0.29, 0.717) is 11.1 Å². The van der Waals surface area contributed by atoms with Crippen molar-refractivity contribution < 1.29 is 18.0 Å². The van der Waals surface area contributed by atoms with Crippen molar-refractivity contribution in [1.29, 1.82) is 5.26 Å². The number of H-pyrrole nitrogens is 1. The highest BCUT2D eigenvalue weighted by atomic mass is 19.4. The summed E-state index contributed by atoms with van der Waals surface area (Å²) in [5, 5.41) is 15.7. The number of nitriles is 1. The Morgan fingerprint density at radius 3 is 2.47 bits per heavy atom. The van der Waals surface area contributed by atoms with E-state index in [0.717, 1.165) is 17.8 Å². The first-order valence-electron chi connectivity index (χ1n) is 11.1. The first-order valence-corrected chi connectivity index (χ1v) is 11.1.